The van der Waals surface area contributed by atoms with E-state index in [0.717, 1.165) is 28.6 Å². The van der Waals surface area contributed by atoms with E-state index in [4.69, 9.17) is 4.74 Å². The molecule has 1 amide bonds. The molecule has 0 unspecified atom stereocenters. The zero-order valence-corrected chi connectivity index (χ0v) is 14.8. The number of nitrogens with one attached hydrogen (secondary N) is 1. The summed E-state index contributed by atoms with van der Waals surface area (Å²) >= 11 is 1.47. The molecule has 0 spiro atoms. The van der Waals surface area contributed by atoms with Crippen LogP contribution in [-0.2, 0) is 9.53 Å². The Kier molecular flexibility index (Phi) is 5.93. The van der Waals surface area contributed by atoms with Crippen LogP contribution in [0.25, 0.3) is 0 Å². The van der Waals surface area contributed by atoms with Gasteiger partial charge in [-0.05, 0) is 29.1 Å². The van der Waals surface area contributed by atoms with Gasteiger partial charge in [-0.2, -0.15) is 0 Å². The Morgan fingerprint density at radius 1 is 0.963 bits per heavy atom. The fraction of sp³-hybridized carbons (Fsp3) is 0.100. The molecule has 1 aromatic heterocycles. The summed E-state index contributed by atoms with van der Waals surface area (Å²) in [6, 6.07) is 15.7. The molecule has 3 rings (SSSR count). The van der Waals surface area contributed by atoms with Gasteiger partial charge >= 0.3 is 5.97 Å². The molecule has 0 saturated carbocycles. The second-order valence-electron chi connectivity index (χ2n) is 5.60. The SMILES string of the molecule is O=C(COC(=O)c1c(F)cccc1F)N[C@H](c1ccccc1)c1cccs1. The lowest BCUT2D eigenvalue weighted by Gasteiger charge is -2.18. The minimum Gasteiger partial charge on any atom is -0.452 e. The molecule has 27 heavy (non-hydrogen) atoms. The van der Waals surface area contributed by atoms with Crippen LogP contribution in [0.4, 0.5) is 8.78 Å². The van der Waals surface area contributed by atoms with Crippen LogP contribution >= 0.6 is 11.3 Å². The van der Waals surface area contributed by atoms with E-state index in [-0.39, 0.29) is 0 Å². The third kappa shape index (κ3) is 4.57. The smallest absolute Gasteiger partial charge is 0.344 e. The van der Waals surface area contributed by atoms with Gasteiger partial charge in [0.05, 0.1) is 6.04 Å². The summed E-state index contributed by atoms with van der Waals surface area (Å²) in [4.78, 5) is 25.1. The first kappa shape index (κ1) is 18.7. The third-order valence-electron chi connectivity index (χ3n) is 3.77. The van der Waals surface area contributed by atoms with Crippen molar-refractivity contribution in [2.75, 3.05) is 6.61 Å². The first-order chi connectivity index (χ1) is 13.1. The van der Waals surface area contributed by atoms with Gasteiger partial charge in [-0.25, -0.2) is 13.6 Å². The lowest BCUT2D eigenvalue weighted by atomic mass is 10.1. The van der Waals surface area contributed by atoms with E-state index in [1.807, 2.05) is 47.8 Å². The summed E-state index contributed by atoms with van der Waals surface area (Å²) in [6.07, 6.45) is 0. The van der Waals surface area contributed by atoms with Crippen molar-refractivity contribution >= 4 is 23.2 Å². The first-order valence-corrected chi connectivity index (χ1v) is 8.93. The molecule has 2 aromatic carbocycles. The van der Waals surface area contributed by atoms with Crippen molar-refractivity contribution in [3.05, 3.63) is 93.7 Å². The maximum Gasteiger partial charge on any atom is 0.344 e. The van der Waals surface area contributed by atoms with Crippen LogP contribution < -0.4 is 5.32 Å². The van der Waals surface area contributed by atoms with Crippen molar-refractivity contribution in [2.45, 2.75) is 6.04 Å². The van der Waals surface area contributed by atoms with Gasteiger partial charge in [0.1, 0.15) is 17.2 Å². The number of benzene rings is 2. The van der Waals surface area contributed by atoms with Crippen molar-refractivity contribution in [1.82, 2.24) is 5.32 Å². The highest BCUT2D eigenvalue weighted by molar-refractivity contribution is 7.10. The number of rotatable bonds is 6. The maximum absolute atomic E-state index is 13.6. The van der Waals surface area contributed by atoms with E-state index in [2.05, 4.69) is 5.32 Å². The van der Waals surface area contributed by atoms with E-state index < -0.39 is 41.7 Å². The quantitative estimate of drug-likeness (QED) is 0.648. The van der Waals surface area contributed by atoms with E-state index in [0.29, 0.717) is 0 Å². The van der Waals surface area contributed by atoms with Crippen molar-refractivity contribution in [3.63, 3.8) is 0 Å². The number of carbonyl (C=O) groups is 2. The van der Waals surface area contributed by atoms with E-state index >= 15 is 0 Å². The van der Waals surface area contributed by atoms with Gasteiger partial charge in [0.25, 0.3) is 5.91 Å². The standard InChI is InChI=1S/C20H15F2NO3S/c21-14-8-4-9-15(22)18(14)20(25)26-12-17(24)23-19(16-10-5-11-27-16)13-6-2-1-3-7-13/h1-11,19H,12H2,(H,23,24)/t19-/m1/s1. The summed E-state index contributed by atoms with van der Waals surface area (Å²) < 4.78 is 32.0. The molecule has 138 valence electrons. The Labute approximate surface area is 158 Å². The lowest BCUT2D eigenvalue weighted by Crippen LogP contribution is -2.32. The molecule has 1 atom stereocenters. The predicted molar refractivity (Wildman–Crippen MR) is 97.4 cm³/mol. The predicted octanol–water partition coefficient (Wildman–Crippen LogP) is 4.09. The molecule has 7 heteroatoms. The van der Waals surface area contributed by atoms with Crippen molar-refractivity contribution < 1.29 is 23.1 Å². The summed E-state index contributed by atoms with van der Waals surface area (Å²) in [5.74, 6) is -3.89. The molecular weight excluding hydrogens is 372 g/mol. The third-order valence-corrected chi connectivity index (χ3v) is 4.70. The van der Waals surface area contributed by atoms with Gasteiger partial charge in [0, 0.05) is 4.88 Å². The zero-order chi connectivity index (χ0) is 19.2. The van der Waals surface area contributed by atoms with Crippen molar-refractivity contribution in [2.24, 2.45) is 0 Å². The highest BCUT2D eigenvalue weighted by atomic mass is 32.1. The lowest BCUT2D eigenvalue weighted by molar-refractivity contribution is -0.124. The van der Waals surface area contributed by atoms with Crippen LogP contribution in [0, 0.1) is 11.6 Å². The van der Waals surface area contributed by atoms with Crippen LogP contribution in [0.2, 0.25) is 0 Å². The highest BCUT2D eigenvalue weighted by Gasteiger charge is 2.21. The number of thiophene rings is 1. The first-order valence-electron chi connectivity index (χ1n) is 8.05. The number of esters is 1. The minimum absolute atomic E-state index is 0.414. The molecule has 4 nitrogen and oxygen atoms in total. The number of amides is 1. The van der Waals surface area contributed by atoms with Crippen molar-refractivity contribution in [1.29, 1.82) is 0 Å². The Balaban J connectivity index is 1.68. The Morgan fingerprint density at radius 3 is 2.30 bits per heavy atom. The molecule has 1 heterocycles. The Morgan fingerprint density at radius 2 is 1.67 bits per heavy atom. The van der Waals surface area contributed by atoms with Crippen LogP contribution in [-0.4, -0.2) is 18.5 Å². The molecule has 0 radical (unpaired) electrons. The largest absolute Gasteiger partial charge is 0.452 e. The van der Waals surface area contributed by atoms with Gasteiger partial charge < -0.3 is 10.1 Å². The molecule has 3 aromatic rings. The molecule has 0 fully saturated rings. The second-order valence-corrected chi connectivity index (χ2v) is 6.58. The molecule has 0 aliphatic carbocycles. The van der Waals surface area contributed by atoms with Gasteiger partial charge in [-0.1, -0.05) is 42.5 Å². The Bertz CT molecular complexity index is 909. The monoisotopic (exact) mass is 387 g/mol. The summed E-state index contributed by atoms with van der Waals surface area (Å²) in [5, 5.41) is 4.67. The van der Waals surface area contributed by atoms with Crippen molar-refractivity contribution in [3.8, 4) is 0 Å². The van der Waals surface area contributed by atoms with Crippen LogP contribution in [0.1, 0.15) is 26.8 Å². The molecule has 0 aliphatic heterocycles. The average Bonchev–Trinajstić information content (AvgIpc) is 3.19. The number of carbonyl (C=O) groups excluding carboxylic acids is 2. The van der Waals surface area contributed by atoms with Gasteiger partial charge in [0.2, 0.25) is 0 Å². The Hall–Kier alpha value is -3.06. The van der Waals surface area contributed by atoms with Gasteiger partial charge in [-0.3, -0.25) is 4.79 Å². The van der Waals surface area contributed by atoms with Crippen LogP contribution in [0.3, 0.4) is 0 Å². The summed E-state index contributed by atoms with van der Waals surface area (Å²) in [7, 11) is 0. The molecule has 1 N–H and O–H groups in total. The van der Waals surface area contributed by atoms with E-state index in [9.17, 15) is 18.4 Å². The fourth-order valence-electron chi connectivity index (χ4n) is 2.52. The number of ether oxygens (including phenoxy) is 1. The van der Waals surface area contributed by atoms with Gasteiger partial charge in [-0.15, -0.1) is 11.3 Å². The van der Waals surface area contributed by atoms with E-state index in [1.54, 1.807) is 0 Å². The number of hydrogen-bond donors (Lipinski definition) is 1. The second kappa shape index (κ2) is 8.55. The molecular formula is C20H15F2NO3S. The fourth-order valence-corrected chi connectivity index (χ4v) is 3.32. The minimum atomic E-state index is -1.23. The van der Waals surface area contributed by atoms with Crippen LogP contribution in [0.15, 0.2) is 66.0 Å². The maximum atomic E-state index is 13.6. The topological polar surface area (TPSA) is 55.4 Å². The molecule has 0 saturated heterocycles. The summed E-state index contributed by atoms with van der Waals surface area (Å²) in [5.41, 5.74) is 0.0444. The molecule has 0 aliphatic rings. The number of halogens is 2. The average molecular weight is 387 g/mol. The van der Waals surface area contributed by atoms with Gasteiger partial charge in [0.15, 0.2) is 6.61 Å². The van der Waals surface area contributed by atoms with Crippen LogP contribution in [0.5, 0.6) is 0 Å². The van der Waals surface area contributed by atoms with E-state index in [1.165, 1.54) is 11.3 Å². The number of hydrogen-bond acceptors (Lipinski definition) is 4. The normalized spacial score (nSPS) is 11.6. The summed E-state index contributed by atoms with van der Waals surface area (Å²) in [6.45, 7) is -0.651. The zero-order valence-electron chi connectivity index (χ0n) is 14.0. The highest BCUT2D eigenvalue weighted by Crippen LogP contribution is 2.25. The molecule has 0 bridgehead atoms.